The Morgan fingerprint density at radius 3 is 2.68 bits per heavy atom. The van der Waals surface area contributed by atoms with Gasteiger partial charge in [0.25, 0.3) is 0 Å². The zero-order chi connectivity index (χ0) is 13.5. The van der Waals surface area contributed by atoms with Crippen LogP contribution in [0.1, 0.15) is 17.5 Å². The molecule has 98 valence electrons. The maximum Gasteiger partial charge on any atom is 0.150 e. The van der Waals surface area contributed by atoms with Crippen LogP contribution in [-0.2, 0) is 10.4 Å². The van der Waals surface area contributed by atoms with Crippen molar-refractivity contribution in [1.29, 1.82) is 0 Å². The summed E-state index contributed by atoms with van der Waals surface area (Å²) >= 11 is 5.07. The van der Waals surface area contributed by atoms with Gasteiger partial charge in [-0.25, -0.2) is 4.98 Å². The minimum absolute atomic E-state index is 0.465. The molecule has 0 unspecified atom stereocenters. The second kappa shape index (κ2) is 4.74. The Morgan fingerprint density at radius 1 is 1.32 bits per heavy atom. The monoisotopic (exact) mass is 336 g/mol. The van der Waals surface area contributed by atoms with E-state index in [9.17, 15) is 0 Å². The summed E-state index contributed by atoms with van der Waals surface area (Å²) in [5, 5.41) is 1.02. The second-order valence-electron chi connectivity index (χ2n) is 4.60. The van der Waals surface area contributed by atoms with Gasteiger partial charge < -0.3 is 0 Å². The van der Waals surface area contributed by atoms with E-state index < -0.39 is 5.60 Å². The smallest absolute Gasteiger partial charge is 0.150 e. The van der Waals surface area contributed by atoms with Crippen LogP contribution < -0.4 is 5.48 Å². The zero-order valence-corrected chi connectivity index (χ0v) is 13.0. The lowest BCUT2D eigenvalue weighted by atomic mass is 10.0. The molecule has 0 bridgehead atoms. The van der Waals surface area contributed by atoms with Crippen molar-refractivity contribution in [3.05, 3.63) is 51.6 Å². The molecule has 1 N–H and O–H groups in total. The number of hydrogen-bond acceptors (Lipinski definition) is 4. The van der Waals surface area contributed by atoms with Gasteiger partial charge in [0.15, 0.2) is 0 Å². The molecule has 19 heavy (non-hydrogen) atoms. The van der Waals surface area contributed by atoms with Crippen LogP contribution in [0.2, 0.25) is 0 Å². The van der Waals surface area contributed by atoms with Crippen LogP contribution in [0.5, 0.6) is 0 Å². The Balaban J connectivity index is 2.04. The van der Waals surface area contributed by atoms with Crippen molar-refractivity contribution in [1.82, 2.24) is 10.5 Å². The van der Waals surface area contributed by atoms with E-state index in [-0.39, 0.29) is 0 Å². The second-order valence-corrected chi connectivity index (χ2v) is 6.46. The number of hydroxylamine groups is 1. The van der Waals surface area contributed by atoms with Crippen LogP contribution in [0.25, 0.3) is 10.6 Å². The summed E-state index contributed by atoms with van der Waals surface area (Å²) in [5.74, 6) is 0. The van der Waals surface area contributed by atoms with Gasteiger partial charge in [0.2, 0.25) is 0 Å². The summed E-state index contributed by atoms with van der Waals surface area (Å²) in [6, 6.07) is 10.2. The molecule has 5 heteroatoms. The first kappa shape index (κ1) is 12.8. The zero-order valence-electron chi connectivity index (χ0n) is 10.6. The number of nitrogens with zero attached hydrogens (tertiary/aromatic N) is 1. The Labute approximate surface area is 124 Å². The number of aromatic nitrogens is 1. The first-order chi connectivity index (χ1) is 9.08. The third kappa shape index (κ3) is 2.33. The van der Waals surface area contributed by atoms with E-state index in [1.807, 2.05) is 38.1 Å². The molecular formula is C14H13BrN2OS. The predicted molar refractivity (Wildman–Crippen MR) is 80.9 cm³/mol. The van der Waals surface area contributed by atoms with Crippen molar-refractivity contribution in [3.8, 4) is 10.6 Å². The van der Waals surface area contributed by atoms with Crippen molar-refractivity contribution in [2.45, 2.75) is 19.4 Å². The van der Waals surface area contributed by atoms with Gasteiger partial charge in [0, 0.05) is 5.56 Å². The van der Waals surface area contributed by atoms with E-state index in [2.05, 4.69) is 38.5 Å². The van der Waals surface area contributed by atoms with Gasteiger partial charge in [-0.2, -0.15) is 0 Å². The lowest BCUT2D eigenvalue weighted by molar-refractivity contribution is -0.0270. The fourth-order valence-corrected chi connectivity index (χ4v) is 3.77. The largest absolute Gasteiger partial charge is 0.259 e. The highest BCUT2D eigenvalue weighted by atomic mass is 79.9. The first-order valence-electron chi connectivity index (χ1n) is 5.94. The van der Waals surface area contributed by atoms with E-state index in [0.717, 1.165) is 25.7 Å². The van der Waals surface area contributed by atoms with Gasteiger partial charge in [0.05, 0.1) is 10.6 Å². The number of benzene rings is 1. The van der Waals surface area contributed by atoms with Crippen molar-refractivity contribution in [3.63, 3.8) is 0 Å². The minimum Gasteiger partial charge on any atom is -0.259 e. The third-order valence-corrected chi connectivity index (χ3v) is 4.85. The van der Waals surface area contributed by atoms with Gasteiger partial charge in [-0.1, -0.05) is 30.3 Å². The first-order valence-corrected chi connectivity index (χ1v) is 7.55. The topological polar surface area (TPSA) is 34.2 Å². The number of thiazole rings is 1. The average Bonchev–Trinajstić information content (AvgIpc) is 2.95. The number of hydrogen-bond donors (Lipinski definition) is 1. The van der Waals surface area contributed by atoms with Crippen molar-refractivity contribution < 1.29 is 4.84 Å². The Bertz CT molecular complexity index is 638. The molecule has 0 radical (unpaired) electrons. The highest BCUT2D eigenvalue weighted by Gasteiger charge is 2.35. The Kier molecular flexibility index (Phi) is 3.20. The van der Waals surface area contributed by atoms with Gasteiger partial charge in [-0.15, -0.1) is 11.3 Å². The summed E-state index contributed by atoms with van der Waals surface area (Å²) in [5.41, 5.74) is 4.52. The standard InChI is InChI=1S/C14H13BrN2OS/c1-9-12(14(2)8-11(15)17-18-14)19-13(16-9)10-6-4-3-5-7-10/h3-8,17H,1-2H3/t14-/m1/s1. The van der Waals surface area contributed by atoms with Gasteiger partial charge in [-0.05, 0) is 35.9 Å². The van der Waals surface area contributed by atoms with Crippen molar-refractivity contribution in [2.24, 2.45) is 0 Å². The molecular weight excluding hydrogens is 324 g/mol. The summed E-state index contributed by atoms with van der Waals surface area (Å²) in [6.07, 6.45) is 2.02. The maximum absolute atomic E-state index is 5.65. The summed E-state index contributed by atoms with van der Waals surface area (Å²) in [4.78, 5) is 11.4. The summed E-state index contributed by atoms with van der Waals surface area (Å²) in [6.45, 7) is 4.05. The molecule has 3 rings (SSSR count). The molecule has 0 amide bonds. The Morgan fingerprint density at radius 2 is 2.05 bits per heavy atom. The molecule has 1 aromatic heterocycles. The van der Waals surface area contributed by atoms with Crippen LogP contribution in [0, 0.1) is 6.92 Å². The van der Waals surface area contributed by atoms with Crippen molar-refractivity contribution in [2.75, 3.05) is 0 Å². The number of halogens is 1. The molecule has 3 nitrogen and oxygen atoms in total. The van der Waals surface area contributed by atoms with Crippen LogP contribution in [0.3, 0.4) is 0 Å². The van der Waals surface area contributed by atoms with E-state index in [1.54, 1.807) is 11.3 Å². The van der Waals surface area contributed by atoms with Crippen molar-refractivity contribution >= 4 is 27.3 Å². The molecule has 0 spiro atoms. The van der Waals surface area contributed by atoms with E-state index in [1.165, 1.54) is 0 Å². The predicted octanol–water partition coefficient (Wildman–Crippen LogP) is 4.10. The molecule has 1 aliphatic rings. The number of rotatable bonds is 2. The van der Waals surface area contributed by atoms with E-state index >= 15 is 0 Å². The average molecular weight is 337 g/mol. The highest BCUT2D eigenvalue weighted by Crippen LogP contribution is 2.40. The van der Waals surface area contributed by atoms with Crippen LogP contribution in [0.4, 0.5) is 0 Å². The molecule has 2 heterocycles. The number of nitrogens with one attached hydrogen (secondary N) is 1. The molecule has 1 atom stereocenters. The SMILES string of the molecule is Cc1nc(-c2ccccc2)sc1[C@@]1(C)C=C(Br)NO1. The maximum atomic E-state index is 5.65. The van der Waals surface area contributed by atoms with Gasteiger partial charge in [-0.3, -0.25) is 10.3 Å². The molecule has 0 saturated carbocycles. The minimum atomic E-state index is -0.465. The van der Waals surface area contributed by atoms with Gasteiger partial charge in [0.1, 0.15) is 15.2 Å². The number of aryl methyl sites for hydroxylation is 1. The summed E-state index contributed by atoms with van der Waals surface area (Å²) < 4.78 is 0.851. The van der Waals surface area contributed by atoms with E-state index in [0.29, 0.717) is 0 Å². The quantitative estimate of drug-likeness (QED) is 0.838. The molecule has 1 aromatic carbocycles. The van der Waals surface area contributed by atoms with Crippen LogP contribution in [-0.4, -0.2) is 4.98 Å². The van der Waals surface area contributed by atoms with Crippen LogP contribution >= 0.6 is 27.3 Å². The fourth-order valence-electron chi connectivity index (χ4n) is 2.13. The molecule has 2 aromatic rings. The lowest BCUT2D eigenvalue weighted by Crippen LogP contribution is -2.22. The normalized spacial score (nSPS) is 22.2. The fraction of sp³-hybridized carbons (Fsp3) is 0.214. The molecule has 0 aliphatic carbocycles. The Hall–Kier alpha value is -1.17. The lowest BCUT2D eigenvalue weighted by Gasteiger charge is -2.18. The summed E-state index contributed by atoms with van der Waals surface area (Å²) in [7, 11) is 0. The molecule has 0 saturated heterocycles. The van der Waals surface area contributed by atoms with Crippen LogP contribution in [0.15, 0.2) is 41.0 Å². The van der Waals surface area contributed by atoms with E-state index in [4.69, 9.17) is 4.84 Å². The third-order valence-electron chi connectivity index (χ3n) is 3.03. The molecule has 1 aliphatic heterocycles. The highest BCUT2D eigenvalue weighted by molar-refractivity contribution is 9.11. The molecule has 0 fully saturated rings. The van der Waals surface area contributed by atoms with Gasteiger partial charge >= 0.3 is 0 Å².